The van der Waals surface area contributed by atoms with Crippen LogP contribution >= 0.6 is 0 Å². The van der Waals surface area contributed by atoms with E-state index in [1.807, 2.05) is 0 Å². The van der Waals surface area contributed by atoms with Gasteiger partial charge in [0.25, 0.3) is 0 Å². The molecule has 0 spiro atoms. The summed E-state index contributed by atoms with van der Waals surface area (Å²) in [5.74, 6) is 0. The number of hydrogen-bond donors (Lipinski definition) is 1. The Bertz CT molecular complexity index is 380. The Morgan fingerprint density at radius 3 is 2.28 bits per heavy atom. The maximum Gasteiger partial charge on any atom is 0.0437 e. The minimum absolute atomic E-state index is 0.318. The zero-order valence-electron chi connectivity index (χ0n) is 11.9. The predicted molar refractivity (Wildman–Crippen MR) is 79.2 cm³/mol. The van der Waals surface area contributed by atoms with Crippen LogP contribution in [-0.4, -0.2) is 19.1 Å². The second kappa shape index (κ2) is 5.75. The number of benzene rings is 1. The molecule has 1 aliphatic rings. The third-order valence-corrected chi connectivity index (χ3v) is 4.14. The highest BCUT2D eigenvalue weighted by molar-refractivity contribution is 5.51. The van der Waals surface area contributed by atoms with E-state index in [0.717, 1.165) is 0 Å². The molecular weight excluding hydrogens is 220 g/mol. The third kappa shape index (κ3) is 3.05. The van der Waals surface area contributed by atoms with E-state index < -0.39 is 0 Å². The van der Waals surface area contributed by atoms with Crippen LogP contribution in [-0.2, 0) is 0 Å². The van der Waals surface area contributed by atoms with Crippen molar-refractivity contribution in [1.82, 2.24) is 0 Å². The van der Waals surface area contributed by atoms with Crippen molar-refractivity contribution < 1.29 is 0 Å². The Morgan fingerprint density at radius 2 is 1.61 bits per heavy atom. The summed E-state index contributed by atoms with van der Waals surface area (Å²) in [5.41, 5.74) is 10.3. The lowest BCUT2D eigenvalue weighted by molar-refractivity contribution is 0.480. The quantitative estimate of drug-likeness (QED) is 0.810. The maximum absolute atomic E-state index is 6.35. The summed E-state index contributed by atoms with van der Waals surface area (Å²) >= 11 is 0. The number of anilines is 1. The first-order valence-corrected chi connectivity index (χ1v) is 7.14. The number of rotatable bonds is 2. The normalized spacial score (nSPS) is 24.7. The number of aryl methyl sites for hydroxylation is 2. The molecule has 18 heavy (non-hydrogen) atoms. The number of nitrogens with zero attached hydrogens (tertiary/aromatic N) is 1. The Kier molecular flexibility index (Phi) is 4.28. The molecule has 1 aromatic carbocycles. The molecule has 100 valence electrons. The average Bonchev–Trinajstić information content (AvgIpc) is 2.51. The lowest BCUT2D eigenvalue weighted by Gasteiger charge is -2.33. The zero-order valence-corrected chi connectivity index (χ0v) is 11.9. The van der Waals surface area contributed by atoms with Gasteiger partial charge in [-0.05, 0) is 49.9 Å². The smallest absolute Gasteiger partial charge is 0.0437 e. The molecule has 0 aromatic heterocycles. The largest absolute Gasteiger partial charge is 0.370 e. The van der Waals surface area contributed by atoms with E-state index in [2.05, 4.69) is 44.0 Å². The summed E-state index contributed by atoms with van der Waals surface area (Å²) in [5, 5.41) is 0. The molecule has 2 rings (SSSR count). The van der Waals surface area contributed by atoms with E-state index in [4.69, 9.17) is 5.73 Å². The highest BCUT2D eigenvalue weighted by Crippen LogP contribution is 2.26. The minimum Gasteiger partial charge on any atom is -0.370 e. The van der Waals surface area contributed by atoms with Crippen LogP contribution in [0.5, 0.6) is 0 Å². The Labute approximate surface area is 111 Å². The first-order chi connectivity index (χ1) is 8.58. The van der Waals surface area contributed by atoms with Crippen LogP contribution in [0.4, 0.5) is 5.69 Å². The molecule has 2 N–H and O–H groups in total. The first kappa shape index (κ1) is 13.4. The van der Waals surface area contributed by atoms with E-state index in [1.165, 1.54) is 48.9 Å². The van der Waals surface area contributed by atoms with E-state index in [0.29, 0.717) is 12.1 Å². The SMILES string of the molecule is Cc1cc(C)cc(N(C)C2CCCCCC2N)c1. The fraction of sp³-hybridized carbons (Fsp3) is 0.625. The fourth-order valence-corrected chi connectivity index (χ4v) is 3.14. The van der Waals surface area contributed by atoms with Crippen LogP contribution in [0.25, 0.3) is 0 Å². The van der Waals surface area contributed by atoms with Gasteiger partial charge in [-0.2, -0.15) is 0 Å². The molecule has 1 fully saturated rings. The predicted octanol–water partition coefficient (Wildman–Crippen LogP) is 3.40. The van der Waals surface area contributed by atoms with Crippen molar-refractivity contribution in [2.24, 2.45) is 5.73 Å². The molecule has 0 bridgehead atoms. The molecule has 2 nitrogen and oxygen atoms in total. The Morgan fingerprint density at radius 1 is 1.00 bits per heavy atom. The van der Waals surface area contributed by atoms with Crippen molar-refractivity contribution in [2.45, 2.75) is 58.0 Å². The third-order valence-electron chi connectivity index (χ3n) is 4.14. The molecule has 0 aliphatic heterocycles. The maximum atomic E-state index is 6.35. The number of nitrogens with two attached hydrogens (primary N) is 1. The van der Waals surface area contributed by atoms with E-state index >= 15 is 0 Å². The Hall–Kier alpha value is -1.02. The van der Waals surface area contributed by atoms with Crippen LogP contribution in [0, 0.1) is 13.8 Å². The van der Waals surface area contributed by atoms with Gasteiger partial charge < -0.3 is 10.6 Å². The van der Waals surface area contributed by atoms with Crippen molar-refractivity contribution in [1.29, 1.82) is 0 Å². The number of likely N-dealkylation sites (N-methyl/N-ethyl adjacent to an activating group) is 1. The summed E-state index contributed by atoms with van der Waals surface area (Å²) in [4.78, 5) is 2.40. The van der Waals surface area contributed by atoms with E-state index in [-0.39, 0.29) is 0 Å². The summed E-state index contributed by atoms with van der Waals surface area (Å²) in [6.45, 7) is 4.33. The van der Waals surface area contributed by atoms with Crippen molar-refractivity contribution in [3.05, 3.63) is 29.3 Å². The van der Waals surface area contributed by atoms with Crippen molar-refractivity contribution in [2.75, 3.05) is 11.9 Å². The van der Waals surface area contributed by atoms with Gasteiger partial charge in [-0.3, -0.25) is 0 Å². The highest BCUT2D eigenvalue weighted by atomic mass is 15.2. The van der Waals surface area contributed by atoms with Gasteiger partial charge >= 0.3 is 0 Å². The van der Waals surface area contributed by atoms with Gasteiger partial charge in [0.1, 0.15) is 0 Å². The van der Waals surface area contributed by atoms with Crippen molar-refractivity contribution in [3.63, 3.8) is 0 Å². The number of hydrogen-bond acceptors (Lipinski definition) is 2. The molecule has 2 unspecified atom stereocenters. The minimum atomic E-state index is 0.318. The van der Waals surface area contributed by atoms with Gasteiger partial charge in [-0.1, -0.05) is 25.3 Å². The highest BCUT2D eigenvalue weighted by Gasteiger charge is 2.24. The molecule has 1 aromatic rings. The fourth-order valence-electron chi connectivity index (χ4n) is 3.14. The van der Waals surface area contributed by atoms with Gasteiger partial charge in [0.2, 0.25) is 0 Å². The lowest BCUT2D eigenvalue weighted by atomic mass is 10.0. The van der Waals surface area contributed by atoms with Gasteiger partial charge in [-0.15, -0.1) is 0 Å². The summed E-state index contributed by atoms with van der Waals surface area (Å²) < 4.78 is 0. The first-order valence-electron chi connectivity index (χ1n) is 7.14. The molecule has 2 heteroatoms. The van der Waals surface area contributed by atoms with Gasteiger partial charge in [-0.25, -0.2) is 0 Å². The molecular formula is C16H26N2. The van der Waals surface area contributed by atoms with Gasteiger partial charge in [0.05, 0.1) is 0 Å². The van der Waals surface area contributed by atoms with Crippen LogP contribution in [0.15, 0.2) is 18.2 Å². The molecule has 0 amide bonds. The second-order valence-electron chi connectivity index (χ2n) is 5.83. The van der Waals surface area contributed by atoms with Crippen LogP contribution in [0.1, 0.15) is 43.2 Å². The standard InChI is InChI=1S/C16H26N2/c1-12-9-13(2)11-14(10-12)18(3)16-8-6-4-5-7-15(16)17/h9-11,15-16H,4-8,17H2,1-3H3. The van der Waals surface area contributed by atoms with Gasteiger partial charge in [0.15, 0.2) is 0 Å². The summed E-state index contributed by atoms with van der Waals surface area (Å²) in [6, 6.07) is 7.58. The molecule has 1 aliphatic carbocycles. The molecule has 0 heterocycles. The molecule has 2 atom stereocenters. The van der Waals surface area contributed by atoms with Gasteiger partial charge in [0, 0.05) is 24.8 Å². The average molecular weight is 246 g/mol. The zero-order chi connectivity index (χ0) is 13.1. The van der Waals surface area contributed by atoms with E-state index in [9.17, 15) is 0 Å². The lowest BCUT2D eigenvalue weighted by Crippen LogP contribution is -2.45. The topological polar surface area (TPSA) is 29.3 Å². The second-order valence-corrected chi connectivity index (χ2v) is 5.83. The molecule has 0 saturated heterocycles. The van der Waals surface area contributed by atoms with Crippen molar-refractivity contribution in [3.8, 4) is 0 Å². The Balaban J connectivity index is 2.20. The summed E-state index contributed by atoms with van der Waals surface area (Å²) in [6.07, 6.45) is 6.33. The van der Waals surface area contributed by atoms with Crippen LogP contribution < -0.4 is 10.6 Å². The van der Waals surface area contributed by atoms with Crippen LogP contribution in [0.2, 0.25) is 0 Å². The molecule has 0 radical (unpaired) electrons. The van der Waals surface area contributed by atoms with Crippen LogP contribution in [0.3, 0.4) is 0 Å². The monoisotopic (exact) mass is 246 g/mol. The molecule has 1 saturated carbocycles. The van der Waals surface area contributed by atoms with Crippen molar-refractivity contribution >= 4 is 5.69 Å². The summed E-state index contributed by atoms with van der Waals surface area (Å²) in [7, 11) is 2.20. The van der Waals surface area contributed by atoms with E-state index in [1.54, 1.807) is 0 Å².